The van der Waals surface area contributed by atoms with Crippen LogP contribution < -0.4 is 0 Å². The van der Waals surface area contributed by atoms with Gasteiger partial charge in [-0.25, -0.2) is 4.98 Å². The van der Waals surface area contributed by atoms with Crippen LogP contribution in [-0.4, -0.2) is 9.55 Å². The molecule has 0 aliphatic carbocycles. The monoisotopic (exact) mass is 562 g/mol. The second-order valence-corrected chi connectivity index (χ2v) is 11.2. The topological polar surface area (TPSA) is 31.0 Å². The van der Waals surface area contributed by atoms with Gasteiger partial charge in [-0.1, -0.05) is 121 Å². The maximum atomic E-state index is 6.49. The quantitative estimate of drug-likeness (QED) is 0.214. The van der Waals surface area contributed by atoms with Gasteiger partial charge in [0.15, 0.2) is 0 Å². The van der Waals surface area contributed by atoms with Crippen LogP contribution in [0.5, 0.6) is 0 Å². The van der Waals surface area contributed by atoms with Gasteiger partial charge in [0.2, 0.25) is 0 Å². The summed E-state index contributed by atoms with van der Waals surface area (Å²) >= 11 is 0. The molecule has 9 aromatic rings. The minimum absolute atomic E-state index is 0.890. The van der Waals surface area contributed by atoms with E-state index in [2.05, 4.69) is 144 Å². The van der Waals surface area contributed by atoms with Gasteiger partial charge >= 0.3 is 0 Å². The molecule has 0 radical (unpaired) electrons. The molecular formula is C41H26N2O. The molecule has 0 bridgehead atoms. The van der Waals surface area contributed by atoms with Crippen LogP contribution in [0, 0.1) is 0 Å². The van der Waals surface area contributed by atoms with E-state index in [1.54, 1.807) is 0 Å². The first-order valence-corrected chi connectivity index (χ1v) is 14.9. The van der Waals surface area contributed by atoms with E-state index in [1.165, 1.54) is 16.3 Å². The third kappa shape index (κ3) is 3.80. The fraction of sp³-hybridized carbons (Fsp3) is 0. The Morgan fingerprint density at radius 1 is 0.455 bits per heavy atom. The number of pyridine rings is 1. The zero-order chi connectivity index (χ0) is 29.0. The van der Waals surface area contributed by atoms with Crippen LogP contribution >= 0.6 is 0 Å². The number of fused-ring (bicyclic) bond motifs is 6. The van der Waals surface area contributed by atoms with Crippen molar-refractivity contribution in [1.29, 1.82) is 0 Å². The van der Waals surface area contributed by atoms with E-state index in [9.17, 15) is 0 Å². The van der Waals surface area contributed by atoms with Crippen molar-refractivity contribution >= 4 is 43.7 Å². The normalized spacial score (nSPS) is 11.6. The van der Waals surface area contributed by atoms with Crippen LogP contribution in [0.2, 0.25) is 0 Å². The molecule has 0 N–H and O–H groups in total. The molecule has 3 heterocycles. The highest BCUT2D eigenvalue weighted by molar-refractivity contribution is 6.14. The van der Waals surface area contributed by atoms with E-state index in [0.29, 0.717) is 0 Å². The zero-order valence-electron chi connectivity index (χ0n) is 23.8. The lowest BCUT2D eigenvalue weighted by Crippen LogP contribution is -1.97. The highest BCUT2D eigenvalue weighted by Gasteiger charge is 2.19. The van der Waals surface area contributed by atoms with Crippen molar-refractivity contribution < 1.29 is 4.42 Å². The Bertz CT molecular complexity index is 2490. The number of para-hydroxylation sites is 5. The predicted molar refractivity (Wildman–Crippen MR) is 182 cm³/mol. The molecule has 0 aliphatic rings. The summed E-state index contributed by atoms with van der Waals surface area (Å²) in [6.07, 6.45) is 0. The van der Waals surface area contributed by atoms with Crippen molar-refractivity contribution in [2.75, 3.05) is 0 Å². The Labute approximate surface area is 254 Å². The van der Waals surface area contributed by atoms with Gasteiger partial charge in [0, 0.05) is 43.9 Å². The Morgan fingerprint density at radius 3 is 1.93 bits per heavy atom. The zero-order valence-corrected chi connectivity index (χ0v) is 23.8. The maximum Gasteiger partial charge on any atom is 0.143 e. The third-order valence-electron chi connectivity index (χ3n) is 8.60. The number of aromatic nitrogens is 2. The van der Waals surface area contributed by atoms with E-state index in [0.717, 1.165) is 66.8 Å². The summed E-state index contributed by atoms with van der Waals surface area (Å²) in [7, 11) is 0. The SMILES string of the molecule is c1ccc(-c2cc(-c3cccc4c3oc3ccccc34)cc(-c3cccc4c5ccccc5n(-c5ccccc5)c34)n2)cc1. The average Bonchev–Trinajstić information content (AvgIpc) is 3.65. The molecule has 9 rings (SSSR count). The first-order chi connectivity index (χ1) is 21.8. The standard InChI is InChI=1S/C41H26N2O/c1-3-13-27(14-4-1)36-25-28(30-19-11-21-34-32-18-8-10-24-39(32)44-41(30)34)26-37(42-36)35-22-12-20-33-31-17-7-9-23-38(31)43(40(33)35)29-15-5-2-6-16-29/h1-26H. The van der Waals surface area contributed by atoms with Gasteiger partial charge in [-0.2, -0.15) is 0 Å². The molecule has 0 aliphatic heterocycles. The Morgan fingerprint density at radius 2 is 1.09 bits per heavy atom. The summed E-state index contributed by atoms with van der Waals surface area (Å²) in [6.45, 7) is 0. The molecule has 0 amide bonds. The van der Waals surface area contributed by atoms with Gasteiger partial charge in [0.05, 0.1) is 22.4 Å². The molecule has 3 nitrogen and oxygen atoms in total. The van der Waals surface area contributed by atoms with Crippen LogP contribution in [0.3, 0.4) is 0 Å². The summed E-state index contributed by atoms with van der Waals surface area (Å²) in [6, 6.07) is 55.3. The van der Waals surface area contributed by atoms with Gasteiger partial charge in [-0.3, -0.25) is 0 Å². The lowest BCUT2D eigenvalue weighted by molar-refractivity contribution is 0.670. The Kier molecular flexibility index (Phi) is 5.50. The molecule has 3 heteroatoms. The molecule has 44 heavy (non-hydrogen) atoms. The summed E-state index contributed by atoms with van der Waals surface area (Å²) in [5.41, 5.74) is 11.3. The van der Waals surface area contributed by atoms with Gasteiger partial charge in [-0.15, -0.1) is 0 Å². The number of hydrogen-bond acceptors (Lipinski definition) is 2. The van der Waals surface area contributed by atoms with E-state index in [4.69, 9.17) is 9.40 Å². The minimum Gasteiger partial charge on any atom is -0.455 e. The molecule has 0 atom stereocenters. The van der Waals surface area contributed by atoms with Crippen molar-refractivity contribution in [2.24, 2.45) is 0 Å². The smallest absolute Gasteiger partial charge is 0.143 e. The fourth-order valence-electron chi connectivity index (χ4n) is 6.63. The third-order valence-corrected chi connectivity index (χ3v) is 8.60. The van der Waals surface area contributed by atoms with Crippen LogP contribution in [0.4, 0.5) is 0 Å². The van der Waals surface area contributed by atoms with Gasteiger partial charge < -0.3 is 8.98 Å². The van der Waals surface area contributed by atoms with Gasteiger partial charge in [-0.05, 0) is 42.0 Å². The Hall–Kier alpha value is -5.93. The second-order valence-electron chi connectivity index (χ2n) is 11.2. The molecule has 0 saturated carbocycles. The Balaban J connectivity index is 1.37. The second kappa shape index (κ2) is 9.82. The first-order valence-electron chi connectivity index (χ1n) is 14.9. The molecule has 206 valence electrons. The highest BCUT2D eigenvalue weighted by atomic mass is 16.3. The van der Waals surface area contributed by atoms with Gasteiger partial charge in [0.1, 0.15) is 11.2 Å². The minimum atomic E-state index is 0.890. The highest BCUT2D eigenvalue weighted by Crippen LogP contribution is 2.41. The molecule has 0 spiro atoms. The van der Waals surface area contributed by atoms with E-state index < -0.39 is 0 Å². The number of nitrogens with zero attached hydrogens (tertiary/aromatic N) is 2. The first kappa shape index (κ1) is 24.6. The van der Waals surface area contributed by atoms with E-state index >= 15 is 0 Å². The van der Waals surface area contributed by atoms with Crippen LogP contribution in [0.15, 0.2) is 162 Å². The van der Waals surface area contributed by atoms with Crippen LogP contribution in [-0.2, 0) is 0 Å². The number of benzene rings is 6. The predicted octanol–water partition coefficient (Wildman–Crippen LogP) is 11.1. The molecule has 6 aromatic carbocycles. The van der Waals surface area contributed by atoms with E-state index in [-0.39, 0.29) is 0 Å². The summed E-state index contributed by atoms with van der Waals surface area (Å²) in [4.78, 5) is 5.33. The lowest BCUT2D eigenvalue weighted by atomic mass is 9.97. The molecule has 0 saturated heterocycles. The molecule has 0 unspecified atom stereocenters. The molecule has 0 fully saturated rings. The molecule has 3 aromatic heterocycles. The van der Waals surface area contributed by atoms with Crippen LogP contribution in [0.25, 0.3) is 83.1 Å². The number of furan rings is 1. The largest absolute Gasteiger partial charge is 0.455 e. The summed E-state index contributed by atoms with van der Waals surface area (Å²) < 4.78 is 8.86. The number of hydrogen-bond donors (Lipinski definition) is 0. The lowest BCUT2D eigenvalue weighted by Gasteiger charge is -2.14. The van der Waals surface area contributed by atoms with Gasteiger partial charge in [0.25, 0.3) is 0 Å². The summed E-state index contributed by atoms with van der Waals surface area (Å²) in [5.74, 6) is 0. The van der Waals surface area contributed by atoms with E-state index in [1.807, 2.05) is 18.2 Å². The maximum absolute atomic E-state index is 6.49. The molecular weight excluding hydrogens is 536 g/mol. The van der Waals surface area contributed by atoms with Crippen molar-refractivity contribution in [1.82, 2.24) is 9.55 Å². The van der Waals surface area contributed by atoms with Crippen molar-refractivity contribution in [2.45, 2.75) is 0 Å². The fourth-order valence-corrected chi connectivity index (χ4v) is 6.63. The van der Waals surface area contributed by atoms with Crippen LogP contribution in [0.1, 0.15) is 0 Å². The van der Waals surface area contributed by atoms with Crippen molar-refractivity contribution in [3.8, 4) is 39.3 Å². The van der Waals surface area contributed by atoms with Crippen molar-refractivity contribution in [3.63, 3.8) is 0 Å². The summed E-state index contributed by atoms with van der Waals surface area (Å²) in [5, 5.41) is 4.66. The average molecular weight is 563 g/mol. The van der Waals surface area contributed by atoms with Crippen molar-refractivity contribution in [3.05, 3.63) is 158 Å². The number of rotatable bonds is 4.